The summed E-state index contributed by atoms with van der Waals surface area (Å²) in [5, 5.41) is 13.5. The van der Waals surface area contributed by atoms with Gasteiger partial charge in [-0.3, -0.25) is 19.8 Å². The van der Waals surface area contributed by atoms with E-state index in [0.717, 1.165) is 19.6 Å². The molecule has 0 aromatic heterocycles. The number of nitrogens with two attached hydrogens (primary N) is 1. The number of nitrogens with zero attached hydrogens (tertiary/aromatic N) is 2. The minimum Gasteiger partial charge on any atom is -0.393 e. The van der Waals surface area contributed by atoms with E-state index in [0.29, 0.717) is 19.8 Å². The quantitative estimate of drug-likeness (QED) is 0.457. The number of carbonyl (C=O) groups is 1. The summed E-state index contributed by atoms with van der Waals surface area (Å²) in [5.74, 6) is -0.341. The Morgan fingerprint density at radius 1 is 1.43 bits per heavy atom. The number of nitrogens with one attached hydrogen (secondary N) is 1. The summed E-state index contributed by atoms with van der Waals surface area (Å²) in [6.07, 6.45) is 0. The molecular formula is C13H18N4O4. The first kappa shape index (κ1) is 15.2. The second-order valence-electron chi connectivity index (χ2n) is 4.74. The third-order valence-electron chi connectivity index (χ3n) is 3.31. The summed E-state index contributed by atoms with van der Waals surface area (Å²) in [5.41, 5.74) is 5.52. The van der Waals surface area contributed by atoms with E-state index >= 15 is 0 Å². The molecule has 114 valence electrons. The normalized spacial score (nSPS) is 15.6. The van der Waals surface area contributed by atoms with Gasteiger partial charge in [-0.1, -0.05) is 0 Å². The Morgan fingerprint density at radius 3 is 2.81 bits per heavy atom. The van der Waals surface area contributed by atoms with Gasteiger partial charge in [-0.15, -0.1) is 0 Å². The molecule has 1 aliphatic rings. The monoisotopic (exact) mass is 294 g/mol. The van der Waals surface area contributed by atoms with Crippen LogP contribution in [0.25, 0.3) is 0 Å². The largest absolute Gasteiger partial charge is 0.393 e. The summed E-state index contributed by atoms with van der Waals surface area (Å²) < 4.78 is 5.24. The van der Waals surface area contributed by atoms with Crippen molar-refractivity contribution in [3.05, 3.63) is 33.9 Å². The second-order valence-corrected chi connectivity index (χ2v) is 4.74. The third-order valence-corrected chi connectivity index (χ3v) is 3.31. The van der Waals surface area contributed by atoms with Crippen LogP contribution in [0.2, 0.25) is 0 Å². The number of nitrogen functional groups attached to an aromatic ring is 1. The van der Waals surface area contributed by atoms with Gasteiger partial charge in [0.2, 0.25) is 0 Å². The van der Waals surface area contributed by atoms with Crippen LogP contribution in [-0.2, 0) is 4.74 Å². The van der Waals surface area contributed by atoms with Crippen molar-refractivity contribution >= 4 is 17.3 Å². The number of anilines is 1. The molecule has 1 aromatic carbocycles. The first-order valence-electron chi connectivity index (χ1n) is 6.70. The van der Waals surface area contributed by atoms with Crippen LogP contribution in [-0.4, -0.2) is 55.1 Å². The van der Waals surface area contributed by atoms with E-state index in [1.54, 1.807) is 0 Å². The highest BCUT2D eigenvalue weighted by atomic mass is 16.6. The average Bonchev–Trinajstić information content (AvgIpc) is 2.48. The molecule has 1 aliphatic heterocycles. The molecule has 0 unspecified atom stereocenters. The van der Waals surface area contributed by atoms with E-state index in [2.05, 4.69) is 10.2 Å². The fourth-order valence-corrected chi connectivity index (χ4v) is 2.10. The molecule has 0 atom stereocenters. The minimum absolute atomic E-state index is 0.0462. The zero-order valence-corrected chi connectivity index (χ0v) is 11.6. The summed E-state index contributed by atoms with van der Waals surface area (Å²) in [4.78, 5) is 24.3. The Morgan fingerprint density at radius 2 is 2.14 bits per heavy atom. The van der Waals surface area contributed by atoms with Crippen LogP contribution in [0, 0.1) is 10.1 Å². The highest BCUT2D eigenvalue weighted by Crippen LogP contribution is 2.22. The number of hydrogen-bond acceptors (Lipinski definition) is 6. The smallest absolute Gasteiger partial charge is 0.292 e. The minimum atomic E-state index is -0.597. The van der Waals surface area contributed by atoms with E-state index in [4.69, 9.17) is 10.5 Å². The van der Waals surface area contributed by atoms with Crippen molar-refractivity contribution in [2.45, 2.75) is 0 Å². The van der Waals surface area contributed by atoms with Crippen LogP contribution in [0.4, 0.5) is 11.4 Å². The third kappa shape index (κ3) is 4.14. The van der Waals surface area contributed by atoms with E-state index in [-0.39, 0.29) is 22.8 Å². The zero-order chi connectivity index (χ0) is 15.2. The molecule has 1 heterocycles. The molecule has 8 heteroatoms. The van der Waals surface area contributed by atoms with E-state index in [9.17, 15) is 14.9 Å². The zero-order valence-electron chi connectivity index (χ0n) is 11.6. The fraction of sp³-hybridized carbons (Fsp3) is 0.462. The highest BCUT2D eigenvalue weighted by molar-refractivity contribution is 5.95. The van der Waals surface area contributed by atoms with Gasteiger partial charge in [0.1, 0.15) is 5.69 Å². The van der Waals surface area contributed by atoms with Crippen LogP contribution in [0.5, 0.6) is 0 Å². The van der Waals surface area contributed by atoms with Crippen molar-refractivity contribution in [1.82, 2.24) is 10.2 Å². The van der Waals surface area contributed by atoms with Gasteiger partial charge in [0.15, 0.2) is 0 Å². The van der Waals surface area contributed by atoms with Crippen LogP contribution in [0.3, 0.4) is 0 Å². The number of benzene rings is 1. The number of nitro benzene ring substituents is 1. The lowest BCUT2D eigenvalue weighted by molar-refractivity contribution is -0.383. The van der Waals surface area contributed by atoms with Gasteiger partial charge in [0.25, 0.3) is 11.6 Å². The molecule has 0 bridgehead atoms. The maximum absolute atomic E-state index is 12.0. The van der Waals surface area contributed by atoms with E-state index in [1.165, 1.54) is 18.2 Å². The SMILES string of the molecule is Nc1ccc(C(=O)NCCN2CCOCC2)cc1[N+](=O)[O-]. The summed E-state index contributed by atoms with van der Waals surface area (Å²) in [6.45, 7) is 4.33. The number of rotatable bonds is 5. The molecular weight excluding hydrogens is 276 g/mol. The van der Waals surface area contributed by atoms with Gasteiger partial charge in [-0.2, -0.15) is 0 Å². The molecule has 1 fully saturated rings. The topological polar surface area (TPSA) is 111 Å². The number of amides is 1. The Labute approximate surface area is 122 Å². The lowest BCUT2D eigenvalue weighted by Crippen LogP contribution is -2.41. The lowest BCUT2D eigenvalue weighted by Gasteiger charge is -2.26. The predicted molar refractivity (Wildman–Crippen MR) is 77.1 cm³/mol. The summed E-state index contributed by atoms with van der Waals surface area (Å²) in [6, 6.07) is 4.04. The number of nitro groups is 1. The molecule has 1 saturated heterocycles. The Balaban J connectivity index is 1.88. The molecule has 8 nitrogen and oxygen atoms in total. The summed E-state index contributed by atoms with van der Waals surface area (Å²) >= 11 is 0. The van der Waals surface area contributed by atoms with Crippen LogP contribution >= 0.6 is 0 Å². The average molecular weight is 294 g/mol. The molecule has 0 spiro atoms. The first-order chi connectivity index (χ1) is 10.1. The van der Waals surface area contributed by atoms with Crippen molar-refractivity contribution in [2.75, 3.05) is 45.1 Å². The van der Waals surface area contributed by atoms with Crippen molar-refractivity contribution in [2.24, 2.45) is 0 Å². The Bertz CT molecular complexity index is 529. The standard InChI is InChI=1S/C13H18N4O4/c14-11-2-1-10(9-12(11)17(19)20)13(18)15-3-4-16-5-7-21-8-6-16/h1-2,9H,3-8,14H2,(H,15,18). The Kier molecular flexibility index (Phi) is 5.07. The van der Waals surface area contributed by atoms with Crippen molar-refractivity contribution < 1.29 is 14.5 Å². The van der Waals surface area contributed by atoms with Crippen molar-refractivity contribution in [3.8, 4) is 0 Å². The van der Waals surface area contributed by atoms with Crippen LogP contribution in [0.1, 0.15) is 10.4 Å². The van der Waals surface area contributed by atoms with Crippen LogP contribution in [0.15, 0.2) is 18.2 Å². The lowest BCUT2D eigenvalue weighted by atomic mass is 10.1. The molecule has 0 saturated carbocycles. The molecule has 3 N–H and O–H groups in total. The van der Waals surface area contributed by atoms with Crippen molar-refractivity contribution in [1.29, 1.82) is 0 Å². The van der Waals surface area contributed by atoms with Gasteiger partial charge in [0.05, 0.1) is 18.1 Å². The Hall–Kier alpha value is -2.19. The molecule has 2 rings (SSSR count). The number of carbonyl (C=O) groups excluding carboxylic acids is 1. The molecule has 0 aliphatic carbocycles. The second kappa shape index (κ2) is 7.00. The molecule has 0 radical (unpaired) electrons. The predicted octanol–water partition coefficient (Wildman–Crippen LogP) is 0.239. The van der Waals surface area contributed by atoms with Crippen LogP contribution < -0.4 is 11.1 Å². The highest BCUT2D eigenvalue weighted by Gasteiger charge is 2.16. The number of ether oxygens (including phenoxy) is 1. The molecule has 1 amide bonds. The first-order valence-corrected chi connectivity index (χ1v) is 6.70. The van der Waals surface area contributed by atoms with E-state index < -0.39 is 4.92 Å². The van der Waals surface area contributed by atoms with Gasteiger partial charge in [0, 0.05) is 37.8 Å². The maximum Gasteiger partial charge on any atom is 0.292 e. The number of hydrogen-bond donors (Lipinski definition) is 2. The number of morpholine rings is 1. The summed E-state index contributed by atoms with van der Waals surface area (Å²) in [7, 11) is 0. The maximum atomic E-state index is 12.0. The fourth-order valence-electron chi connectivity index (χ4n) is 2.10. The van der Waals surface area contributed by atoms with E-state index in [1.807, 2.05) is 0 Å². The molecule has 21 heavy (non-hydrogen) atoms. The van der Waals surface area contributed by atoms with Gasteiger partial charge in [-0.05, 0) is 12.1 Å². The van der Waals surface area contributed by atoms with Gasteiger partial charge in [-0.25, -0.2) is 0 Å². The van der Waals surface area contributed by atoms with Crippen molar-refractivity contribution in [3.63, 3.8) is 0 Å². The van der Waals surface area contributed by atoms with Gasteiger partial charge >= 0.3 is 0 Å². The molecule has 1 aromatic rings. The van der Waals surface area contributed by atoms with Gasteiger partial charge < -0.3 is 15.8 Å².